The van der Waals surface area contributed by atoms with E-state index < -0.39 is 0 Å². The molecule has 0 unspecified atom stereocenters. The molecule has 11 heavy (non-hydrogen) atoms. The number of rotatable bonds is 2. The lowest BCUT2D eigenvalue weighted by Gasteiger charge is -2.49. The minimum absolute atomic E-state index is 0.0894. The summed E-state index contributed by atoms with van der Waals surface area (Å²) in [4.78, 5) is 10.2. The number of ether oxygens (including phenoxy) is 1. The molecule has 0 aromatic heterocycles. The van der Waals surface area contributed by atoms with Crippen molar-refractivity contribution in [3.05, 3.63) is 0 Å². The molecule has 0 aromatic rings. The normalized spacial score (nSPS) is 22.1. The molecule has 0 heterocycles. The summed E-state index contributed by atoms with van der Waals surface area (Å²) in [6.45, 7) is 6.95. The van der Waals surface area contributed by atoms with Crippen molar-refractivity contribution in [1.82, 2.24) is 0 Å². The summed E-state index contributed by atoms with van der Waals surface area (Å²) in [6.07, 6.45) is 3.23. The van der Waals surface area contributed by atoms with Gasteiger partial charge in [0, 0.05) is 5.41 Å². The SMILES string of the molecule is CC(C)(C)C1(OC=O)CCC1. The fraction of sp³-hybridized carbons (Fsp3) is 0.889. The average Bonchev–Trinajstić information content (AvgIpc) is 1.75. The second kappa shape index (κ2) is 2.50. The van der Waals surface area contributed by atoms with Gasteiger partial charge < -0.3 is 4.74 Å². The molecule has 0 amide bonds. The highest BCUT2D eigenvalue weighted by Gasteiger charge is 2.48. The van der Waals surface area contributed by atoms with Crippen LogP contribution in [0.25, 0.3) is 0 Å². The van der Waals surface area contributed by atoms with Crippen LogP contribution < -0.4 is 0 Å². The first-order chi connectivity index (χ1) is 5.02. The fourth-order valence-electron chi connectivity index (χ4n) is 1.63. The lowest BCUT2D eigenvalue weighted by Crippen LogP contribution is -2.50. The molecule has 0 atom stereocenters. The predicted molar refractivity (Wildman–Crippen MR) is 43.2 cm³/mol. The molecule has 0 saturated heterocycles. The predicted octanol–water partition coefficient (Wildman–Crippen LogP) is 2.13. The summed E-state index contributed by atoms with van der Waals surface area (Å²) in [6, 6.07) is 0. The average molecular weight is 156 g/mol. The van der Waals surface area contributed by atoms with Gasteiger partial charge in [0.05, 0.1) is 0 Å². The molecule has 1 aliphatic carbocycles. The third kappa shape index (κ3) is 1.26. The Morgan fingerprint density at radius 3 is 2.00 bits per heavy atom. The van der Waals surface area contributed by atoms with Gasteiger partial charge in [-0.2, -0.15) is 0 Å². The van der Waals surface area contributed by atoms with Gasteiger partial charge >= 0.3 is 0 Å². The third-order valence-electron chi connectivity index (χ3n) is 2.80. The van der Waals surface area contributed by atoms with Gasteiger partial charge in [0.25, 0.3) is 6.47 Å². The molecule has 0 aromatic carbocycles. The Morgan fingerprint density at radius 2 is 1.91 bits per heavy atom. The van der Waals surface area contributed by atoms with Crippen LogP contribution in [0.15, 0.2) is 0 Å². The quantitative estimate of drug-likeness (QED) is 0.572. The number of carbonyl (C=O) groups excluding carboxylic acids is 1. The molecule has 1 saturated carbocycles. The van der Waals surface area contributed by atoms with Gasteiger partial charge in [0.1, 0.15) is 5.60 Å². The van der Waals surface area contributed by atoms with Gasteiger partial charge in [0.2, 0.25) is 0 Å². The molecule has 0 N–H and O–H groups in total. The summed E-state index contributed by atoms with van der Waals surface area (Å²) in [5, 5.41) is 0. The lowest BCUT2D eigenvalue weighted by atomic mass is 9.64. The number of hydrogen-bond donors (Lipinski definition) is 0. The smallest absolute Gasteiger partial charge is 0.293 e. The largest absolute Gasteiger partial charge is 0.461 e. The Labute approximate surface area is 67.9 Å². The Kier molecular flexibility index (Phi) is 1.95. The van der Waals surface area contributed by atoms with Crippen molar-refractivity contribution in [2.45, 2.75) is 45.6 Å². The molecule has 0 bridgehead atoms. The van der Waals surface area contributed by atoms with Crippen LogP contribution in [0.3, 0.4) is 0 Å². The van der Waals surface area contributed by atoms with E-state index in [0.29, 0.717) is 6.47 Å². The van der Waals surface area contributed by atoms with Crippen LogP contribution in [0.4, 0.5) is 0 Å². The number of carbonyl (C=O) groups is 1. The van der Waals surface area contributed by atoms with Crippen LogP contribution in [0.1, 0.15) is 40.0 Å². The van der Waals surface area contributed by atoms with Crippen molar-refractivity contribution in [2.75, 3.05) is 0 Å². The zero-order valence-electron chi connectivity index (χ0n) is 7.52. The highest BCUT2D eigenvalue weighted by molar-refractivity contribution is 5.39. The molecule has 1 rings (SSSR count). The van der Waals surface area contributed by atoms with Crippen LogP contribution >= 0.6 is 0 Å². The zero-order chi connectivity index (χ0) is 8.54. The van der Waals surface area contributed by atoms with E-state index in [1.54, 1.807) is 0 Å². The third-order valence-corrected chi connectivity index (χ3v) is 2.80. The number of hydrogen-bond acceptors (Lipinski definition) is 2. The van der Waals surface area contributed by atoms with E-state index in [1.807, 2.05) is 0 Å². The lowest BCUT2D eigenvalue weighted by molar-refractivity contribution is -0.175. The van der Waals surface area contributed by atoms with E-state index in [2.05, 4.69) is 20.8 Å². The van der Waals surface area contributed by atoms with Gasteiger partial charge in [-0.1, -0.05) is 20.8 Å². The molecule has 64 valence electrons. The first-order valence-electron chi connectivity index (χ1n) is 4.13. The second-order valence-corrected chi connectivity index (χ2v) is 4.31. The molecule has 0 radical (unpaired) electrons. The first-order valence-corrected chi connectivity index (χ1v) is 4.13. The summed E-state index contributed by atoms with van der Waals surface area (Å²) in [5.41, 5.74) is -0.0685. The minimum Gasteiger partial charge on any atom is -0.461 e. The molecular formula is C9H16O2. The van der Waals surface area contributed by atoms with Crippen molar-refractivity contribution < 1.29 is 9.53 Å². The fourth-order valence-corrected chi connectivity index (χ4v) is 1.63. The van der Waals surface area contributed by atoms with E-state index in [4.69, 9.17) is 4.74 Å². The monoisotopic (exact) mass is 156 g/mol. The van der Waals surface area contributed by atoms with E-state index in [-0.39, 0.29) is 11.0 Å². The van der Waals surface area contributed by atoms with Crippen LogP contribution in [0.2, 0.25) is 0 Å². The van der Waals surface area contributed by atoms with Gasteiger partial charge in [-0.15, -0.1) is 0 Å². The van der Waals surface area contributed by atoms with Crippen LogP contribution in [-0.2, 0) is 9.53 Å². The summed E-state index contributed by atoms with van der Waals surface area (Å²) < 4.78 is 5.15. The topological polar surface area (TPSA) is 26.3 Å². The Bertz CT molecular complexity index is 151. The molecule has 0 aliphatic heterocycles. The summed E-state index contributed by atoms with van der Waals surface area (Å²) in [7, 11) is 0. The standard InChI is InChI=1S/C9H16O2/c1-8(2,3)9(11-7-10)5-4-6-9/h7H,4-6H2,1-3H3. The summed E-state index contributed by atoms with van der Waals surface area (Å²) in [5.74, 6) is 0. The zero-order valence-corrected chi connectivity index (χ0v) is 7.52. The van der Waals surface area contributed by atoms with E-state index >= 15 is 0 Å². The van der Waals surface area contributed by atoms with Crippen LogP contribution in [0.5, 0.6) is 0 Å². The molecular weight excluding hydrogens is 140 g/mol. The summed E-state index contributed by atoms with van der Waals surface area (Å²) >= 11 is 0. The molecule has 2 heteroatoms. The Hall–Kier alpha value is -0.530. The highest BCUT2D eigenvalue weighted by Crippen LogP contribution is 2.48. The van der Waals surface area contributed by atoms with Crippen LogP contribution in [0, 0.1) is 5.41 Å². The molecule has 2 nitrogen and oxygen atoms in total. The maximum absolute atomic E-state index is 10.2. The van der Waals surface area contributed by atoms with E-state index in [1.165, 1.54) is 6.42 Å². The van der Waals surface area contributed by atoms with Crippen molar-refractivity contribution in [3.63, 3.8) is 0 Å². The Morgan fingerprint density at radius 1 is 1.36 bits per heavy atom. The molecule has 1 aliphatic rings. The van der Waals surface area contributed by atoms with Crippen LogP contribution in [-0.4, -0.2) is 12.1 Å². The van der Waals surface area contributed by atoms with E-state index in [0.717, 1.165) is 12.8 Å². The molecule has 1 fully saturated rings. The first kappa shape index (κ1) is 8.57. The highest BCUT2D eigenvalue weighted by atomic mass is 16.5. The minimum atomic E-state index is -0.158. The van der Waals surface area contributed by atoms with Gasteiger partial charge in [0.15, 0.2) is 0 Å². The van der Waals surface area contributed by atoms with E-state index in [9.17, 15) is 4.79 Å². The second-order valence-electron chi connectivity index (χ2n) is 4.31. The van der Waals surface area contributed by atoms with Gasteiger partial charge in [-0.25, -0.2) is 0 Å². The maximum atomic E-state index is 10.2. The van der Waals surface area contributed by atoms with Crippen molar-refractivity contribution >= 4 is 6.47 Å². The van der Waals surface area contributed by atoms with Gasteiger partial charge in [-0.3, -0.25) is 4.79 Å². The van der Waals surface area contributed by atoms with Crippen molar-refractivity contribution in [1.29, 1.82) is 0 Å². The molecule has 0 spiro atoms. The van der Waals surface area contributed by atoms with Crippen molar-refractivity contribution in [3.8, 4) is 0 Å². The maximum Gasteiger partial charge on any atom is 0.293 e. The van der Waals surface area contributed by atoms with Crippen molar-refractivity contribution in [2.24, 2.45) is 5.41 Å². The van der Waals surface area contributed by atoms with Gasteiger partial charge in [-0.05, 0) is 19.3 Å². The Balaban J connectivity index is 2.67.